The van der Waals surface area contributed by atoms with Crippen LogP contribution in [0.4, 0.5) is 0 Å². The second-order valence-electron chi connectivity index (χ2n) is 9.66. The SMILES string of the molecule is CC(=O)C1CCC2(C)C(CCC3C4CCC(=O)C4(C)CCC32)C1. The van der Waals surface area contributed by atoms with Crippen LogP contribution in [0.5, 0.6) is 0 Å². The van der Waals surface area contributed by atoms with Crippen LogP contribution < -0.4 is 0 Å². The van der Waals surface area contributed by atoms with E-state index >= 15 is 0 Å². The third-order valence-electron chi connectivity index (χ3n) is 8.95. The van der Waals surface area contributed by atoms with E-state index in [0.29, 0.717) is 28.8 Å². The molecule has 4 rings (SSSR count). The highest BCUT2D eigenvalue weighted by Crippen LogP contribution is 2.65. The largest absolute Gasteiger partial charge is 0.300 e. The predicted octanol–water partition coefficient (Wildman–Crippen LogP) is 4.80. The molecule has 0 saturated heterocycles. The molecule has 23 heavy (non-hydrogen) atoms. The van der Waals surface area contributed by atoms with Crippen LogP contribution in [0, 0.1) is 40.4 Å². The Balaban J connectivity index is 1.59. The van der Waals surface area contributed by atoms with Crippen molar-refractivity contribution in [1.82, 2.24) is 0 Å². The van der Waals surface area contributed by atoms with Crippen LogP contribution in [0.1, 0.15) is 78.6 Å². The van der Waals surface area contributed by atoms with Crippen molar-refractivity contribution in [1.29, 1.82) is 0 Å². The van der Waals surface area contributed by atoms with E-state index in [2.05, 4.69) is 13.8 Å². The fraction of sp³-hybridized carbons (Fsp3) is 0.905. The summed E-state index contributed by atoms with van der Waals surface area (Å²) < 4.78 is 0. The van der Waals surface area contributed by atoms with Gasteiger partial charge in [-0.3, -0.25) is 9.59 Å². The molecule has 0 heterocycles. The summed E-state index contributed by atoms with van der Waals surface area (Å²) in [5.41, 5.74) is 0.433. The van der Waals surface area contributed by atoms with E-state index in [-0.39, 0.29) is 5.41 Å². The molecule has 4 saturated carbocycles. The molecule has 2 heteroatoms. The van der Waals surface area contributed by atoms with Gasteiger partial charge in [0.2, 0.25) is 0 Å². The van der Waals surface area contributed by atoms with Crippen molar-refractivity contribution in [3.63, 3.8) is 0 Å². The number of hydrogen-bond donors (Lipinski definition) is 0. The van der Waals surface area contributed by atoms with E-state index in [9.17, 15) is 9.59 Å². The molecular formula is C21H32O2. The number of fused-ring (bicyclic) bond motifs is 5. The number of rotatable bonds is 1. The summed E-state index contributed by atoms with van der Waals surface area (Å²) in [6.07, 6.45) is 10.4. The molecule has 4 aliphatic rings. The lowest BCUT2D eigenvalue weighted by atomic mass is 9.44. The van der Waals surface area contributed by atoms with Gasteiger partial charge in [0.05, 0.1) is 0 Å². The van der Waals surface area contributed by atoms with Crippen molar-refractivity contribution in [2.75, 3.05) is 0 Å². The lowest BCUT2D eigenvalue weighted by molar-refractivity contribution is -0.143. The van der Waals surface area contributed by atoms with Crippen LogP contribution in [0.25, 0.3) is 0 Å². The van der Waals surface area contributed by atoms with Crippen LogP contribution in [0.2, 0.25) is 0 Å². The number of Topliss-reactive ketones (excluding diaryl/α,β-unsaturated/α-hetero) is 2. The van der Waals surface area contributed by atoms with Crippen molar-refractivity contribution in [3.05, 3.63) is 0 Å². The molecule has 7 atom stereocenters. The Morgan fingerprint density at radius 2 is 1.78 bits per heavy atom. The van der Waals surface area contributed by atoms with Crippen LogP contribution in [-0.4, -0.2) is 11.6 Å². The van der Waals surface area contributed by atoms with Gasteiger partial charge in [-0.25, -0.2) is 0 Å². The third-order valence-corrected chi connectivity index (χ3v) is 8.95. The average molecular weight is 316 g/mol. The molecule has 2 nitrogen and oxygen atoms in total. The van der Waals surface area contributed by atoms with Crippen LogP contribution in [0.15, 0.2) is 0 Å². The number of ketones is 2. The first-order chi connectivity index (χ1) is 10.9. The highest BCUT2D eigenvalue weighted by atomic mass is 16.1. The summed E-state index contributed by atoms with van der Waals surface area (Å²) in [5, 5.41) is 0. The normalized spacial score (nSPS) is 52.5. The topological polar surface area (TPSA) is 34.1 Å². The van der Waals surface area contributed by atoms with Crippen LogP contribution in [0.3, 0.4) is 0 Å². The summed E-state index contributed by atoms with van der Waals surface area (Å²) >= 11 is 0. The van der Waals surface area contributed by atoms with Gasteiger partial charge in [-0.1, -0.05) is 13.8 Å². The maximum absolute atomic E-state index is 12.4. The summed E-state index contributed by atoms with van der Waals surface area (Å²) in [5.74, 6) is 4.25. The molecule has 0 aromatic carbocycles. The Kier molecular flexibility index (Phi) is 3.56. The summed E-state index contributed by atoms with van der Waals surface area (Å²) in [7, 11) is 0. The van der Waals surface area contributed by atoms with Gasteiger partial charge in [0.15, 0.2) is 0 Å². The van der Waals surface area contributed by atoms with Crippen molar-refractivity contribution in [2.45, 2.75) is 78.6 Å². The summed E-state index contributed by atoms with van der Waals surface area (Å²) in [6, 6.07) is 0. The van der Waals surface area contributed by atoms with E-state index in [0.717, 1.165) is 49.9 Å². The van der Waals surface area contributed by atoms with Gasteiger partial charge >= 0.3 is 0 Å². The molecule has 0 aromatic heterocycles. The summed E-state index contributed by atoms with van der Waals surface area (Å²) in [6.45, 7) is 6.59. The standard InChI is InChI=1S/C21H32O2/c1-13(22)14-8-10-20(2)15(12-14)4-5-16-17-6-7-19(23)21(17,3)11-9-18(16)20/h14-18H,4-12H2,1-3H3. The molecule has 4 aliphatic carbocycles. The maximum Gasteiger partial charge on any atom is 0.139 e. The van der Waals surface area contributed by atoms with Crippen LogP contribution >= 0.6 is 0 Å². The lowest BCUT2D eigenvalue weighted by Crippen LogP contribution is -2.53. The molecule has 7 unspecified atom stereocenters. The van der Waals surface area contributed by atoms with Crippen LogP contribution in [-0.2, 0) is 9.59 Å². The Morgan fingerprint density at radius 1 is 1.00 bits per heavy atom. The predicted molar refractivity (Wildman–Crippen MR) is 90.9 cm³/mol. The van der Waals surface area contributed by atoms with Gasteiger partial charge in [-0.2, -0.15) is 0 Å². The van der Waals surface area contributed by atoms with E-state index in [4.69, 9.17) is 0 Å². The van der Waals surface area contributed by atoms with E-state index in [1.165, 1.54) is 25.7 Å². The van der Waals surface area contributed by atoms with Crippen molar-refractivity contribution in [3.8, 4) is 0 Å². The fourth-order valence-corrected chi connectivity index (χ4v) is 7.40. The molecule has 0 spiro atoms. The molecule has 0 N–H and O–H groups in total. The van der Waals surface area contributed by atoms with Gasteiger partial charge in [-0.05, 0) is 87.4 Å². The van der Waals surface area contributed by atoms with E-state index < -0.39 is 0 Å². The van der Waals surface area contributed by atoms with Gasteiger partial charge in [0.25, 0.3) is 0 Å². The van der Waals surface area contributed by atoms with Crippen molar-refractivity contribution < 1.29 is 9.59 Å². The maximum atomic E-state index is 12.4. The molecule has 0 amide bonds. The molecule has 0 radical (unpaired) electrons. The minimum absolute atomic E-state index is 0.000942. The second kappa shape index (κ2) is 5.17. The van der Waals surface area contributed by atoms with Gasteiger partial charge < -0.3 is 0 Å². The first kappa shape index (κ1) is 15.8. The van der Waals surface area contributed by atoms with Gasteiger partial charge in [0.1, 0.15) is 11.6 Å². The highest BCUT2D eigenvalue weighted by molar-refractivity contribution is 5.87. The molecule has 4 fully saturated rings. The zero-order valence-corrected chi connectivity index (χ0v) is 15.1. The molecule has 128 valence electrons. The zero-order valence-electron chi connectivity index (χ0n) is 15.1. The first-order valence-corrected chi connectivity index (χ1v) is 9.90. The smallest absolute Gasteiger partial charge is 0.139 e. The van der Waals surface area contributed by atoms with Crippen molar-refractivity contribution >= 4 is 11.6 Å². The monoisotopic (exact) mass is 316 g/mol. The minimum Gasteiger partial charge on any atom is -0.300 e. The molecule has 0 aliphatic heterocycles. The lowest BCUT2D eigenvalue weighted by Gasteiger charge is -2.60. The van der Waals surface area contributed by atoms with Gasteiger partial charge in [-0.15, -0.1) is 0 Å². The molecular weight excluding hydrogens is 284 g/mol. The average Bonchev–Trinajstić information content (AvgIpc) is 2.82. The third kappa shape index (κ3) is 2.12. The first-order valence-electron chi connectivity index (χ1n) is 9.90. The Labute approximate surface area is 140 Å². The Bertz CT molecular complexity index is 538. The number of carbonyl (C=O) groups is 2. The van der Waals surface area contributed by atoms with Crippen molar-refractivity contribution in [2.24, 2.45) is 40.4 Å². The van der Waals surface area contributed by atoms with Gasteiger partial charge in [0, 0.05) is 17.8 Å². The summed E-state index contributed by atoms with van der Waals surface area (Å²) in [4.78, 5) is 24.3. The quantitative estimate of drug-likeness (QED) is 0.696. The van der Waals surface area contributed by atoms with E-state index in [1.807, 2.05) is 0 Å². The zero-order chi connectivity index (χ0) is 16.4. The number of hydrogen-bond acceptors (Lipinski definition) is 2. The van der Waals surface area contributed by atoms with E-state index in [1.54, 1.807) is 6.92 Å². The number of carbonyl (C=O) groups excluding carboxylic acids is 2. The second-order valence-corrected chi connectivity index (χ2v) is 9.66. The minimum atomic E-state index is 0.000942. The Hall–Kier alpha value is -0.660. The molecule has 0 bridgehead atoms. The Morgan fingerprint density at radius 3 is 2.52 bits per heavy atom. The molecule has 0 aromatic rings. The highest BCUT2D eigenvalue weighted by Gasteiger charge is 2.60. The fourth-order valence-electron chi connectivity index (χ4n) is 7.40.